The fourth-order valence-corrected chi connectivity index (χ4v) is 2.32. The number of hydrogen-bond donors (Lipinski definition) is 1. The number of methoxy groups -OCH3 is 2. The Labute approximate surface area is 142 Å². The Bertz CT molecular complexity index is 672. The standard InChI is InChI=1S/C19H23NO4/c1-4-16(24-18-11-6-5-10-17(18)23-3)19(21)20-15-9-7-8-14(12-15)13-22-2/h5-12,16H,4,13H2,1-3H3,(H,20,21)/t16-/m0/s1. The molecule has 0 aliphatic carbocycles. The van der Waals surface area contributed by atoms with Gasteiger partial charge in [0.25, 0.3) is 5.91 Å². The molecule has 2 rings (SSSR count). The summed E-state index contributed by atoms with van der Waals surface area (Å²) in [4.78, 5) is 12.5. The van der Waals surface area contributed by atoms with E-state index in [0.29, 0.717) is 24.5 Å². The predicted molar refractivity (Wildman–Crippen MR) is 93.5 cm³/mol. The van der Waals surface area contributed by atoms with Gasteiger partial charge in [-0.15, -0.1) is 0 Å². The van der Waals surface area contributed by atoms with E-state index < -0.39 is 6.10 Å². The van der Waals surface area contributed by atoms with Crippen LogP contribution in [0.2, 0.25) is 0 Å². The molecule has 0 aliphatic heterocycles. The highest BCUT2D eigenvalue weighted by Gasteiger charge is 2.20. The lowest BCUT2D eigenvalue weighted by Gasteiger charge is -2.19. The summed E-state index contributed by atoms with van der Waals surface area (Å²) in [7, 11) is 3.21. The van der Waals surface area contributed by atoms with Gasteiger partial charge >= 0.3 is 0 Å². The number of ether oxygens (including phenoxy) is 3. The summed E-state index contributed by atoms with van der Waals surface area (Å²) in [5, 5.41) is 2.89. The molecule has 0 aliphatic rings. The van der Waals surface area contributed by atoms with Crippen molar-refractivity contribution in [2.24, 2.45) is 0 Å². The molecule has 0 saturated heterocycles. The first-order chi connectivity index (χ1) is 11.7. The van der Waals surface area contributed by atoms with Crippen LogP contribution in [0.3, 0.4) is 0 Å². The molecule has 1 N–H and O–H groups in total. The Balaban J connectivity index is 2.07. The van der Waals surface area contributed by atoms with E-state index in [-0.39, 0.29) is 5.91 Å². The molecule has 0 unspecified atom stereocenters. The van der Waals surface area contributed by atoms with Crippen molar-refractivity contribution in [2.45, 2.75) is 26.1 Å². The summed E-state index contributed by atoms with van der Waals surface area (Å²) < 4.78 is 16.2. The van der Waals surface area contributed by atoms with Crippen LogP contribution in [0.25, 0.3) is 0 Å². The van der Waals surface area contributed by atoms with E-state index in [2.05, 4.69) is 5.32 Å². The van der Waals surface area contributed by atoms with Gasteiger partial charge < -0.3 is 19.5 Å². The number of carbonyl (C=O) groups excluding carboxylic acids is 1. The molecule has 5 heteroatoms. The minimum atomic E-state index is -0.604. The molecule has 0 heterocycles. The monoisotopic (exact) mass is 329 g/mol. The Hall–Kier alpha value is -2.53. The van der Waals surface area contributed by atoms with Crippen LogP contribution in [-0.4, -0.2) is 26.2 Å². The summed E-state index contributed by atoms with van der Waals surface area (Å²) in [6, 6.07) is 14.8. The van der Waals surface area contributed by atoms with E-state index in [1.807, 2.05) is 43.3 Å². The van der Waals surface area contributed by atoms with E-state index >= 15 is 0 Å². The summed E-state index contributed by atoms with van der Waals surface area (Å²) in [5.41, 5.74) is 1.71. The Morgan fingerprint density at radius 1 is 1.08 bits per heavy atom. The summed E-state index contributed by atoms with van der Waals surface area (Å²) >= 11 is 0. The average Bonchev–Trinajstić information content (AvgIpc) is 2.60. The smallest absolute Gasteiger partial charge is 0.265 e. The number of anilines is 1. The normalized spacial score (nSPS) is 11.6. The highest BCUT2D eigenvalue weighted by molar-refractivity contribution is 5.94. The molecule has 0 spiro atoms. The van der Waals surface area contributed by atoms with Crippen LogP contribution in [0.5, 0.6) is 11.5 Å². The number of benzene rings is 2. The van der Waals surface area contributed by atoms with Crippen LogP contribution in [-0.2, 0) is 16.1 Å². The zero-order valence-corrected chi connectivity index (χ0v) is 14.2. The van der Waals surface area contributed by atoms with Crippen LogP contribution in [0, 0.1) is 0 Å². The third-order valence-corrected chi connectivity index (χ3v) is 3.51. The molecule has 0 bridgehead atoms. The minimum Gasteiger partial charge on any atom is -0.493 e. The third kappa shape index (κ3) is 4.73. The largest absolute Gasteiger partial charge is 0.493 e. The summed E-state index contributed by atoms with van der Waals surface area (Å²) in [6.07, 6.45) is -0.0610. The fourth-order valence-electron chi connectivity index (χ4n) is 2.32. The highest BCUT2D eigenvalue weighted by Crippen LogP contribution is 2.27. The highest BCUT2D eigenvalue weighted by atomic mass is 16.5. The van der Waals surface area contributed by atoms with Gasteiger partial charge in [-0.25, -0.2) is 0 Å². The molecule has 2 aromatic carbocycles. The van der Waals surface area contributed by atoms with Gasteiger partial charge in [-0.2, -0.15) is 0 Å². The van der Waals surface area contributed by atoms with E-state index in [0.717, 1.165) is 11.3 Å². The van der Waals surface area contributed by atoms with E-state index in [1.165, 1.54) is 0 Å². The van der Waals surface area contributed by atoms with Crippen molar-refractivity contribution in [3.05, 3.63) is 54.1 Å². The van der Waals surface area contributed by atoms with Gasteiger partial charge in [0.05, 0.1) is 13.7 Å². The molecule has 24 heavy (non-hydrogen) atoms. The number of nitrogens with one attached hydrogen (secondary N) is 1. The maximum atomic E-state index is 12.5. The van der Waals surface area contributed by atoms with Crippen LogP contribution >= 0.6 is 0 Å². The first kappa shape index (κ1) is 17.8. The number of carbonyl (C=O) groups is 1. The van der Waals surface area contributed by atoms with E-state index in [1.54, 1.807) is 26.4 Å². The van der Waals surface area contributed by atoms with Crippen LogP contribution < -0.4 is 14.8 Å². The number of amides is 1. The second-order valence-electron chi connectivity index (χ2n) is 5.29. The van der Waals surface area contributed by atoms with Crippen molar-refractivity contribution in [3.8, 4) is 11.5 Å². The lowest BCUT2D eigenvalue weighted by molar-refractivity contribution is -0.122. The minimum absolute atomic E-state index is 0.196. The zero-order valence-electron chi connectivity index (χ0n) is 14.2. The van der Waals surface area contributed by atoms with Crippen molar-refractivity contribution in [1.82, 2.24) is 0 Å². The summed E-state index contributed by atoms with van der Waals surface area (Å²) in [5.74, 6) is 0.957. The second-order valence-corrected chi connectivity index (χ2v) is 5.29. The lowest BCUT2D eigenvalue weighted by Crippen LogP contribution is -2.32. The molecule has 0 aromatic heterocycles. The first-order valence-corrected chi connectivity index (χ1v) is 7.86. The molecular formula is C19H23NO4. The maximum absolute atomic E-state index is 12.5. The Kier molecular flexibility index (Phi) is 6.63. The van der Waals surface area contributed by atoms with Crippen molar-refractivity contribution < 1.29 is 19.0 Å². The lowest BCUT2D eigenvalue weighted by atomic mass is 10.2. The van der Waals surface area contributed by atoms with Gasteiger partial charge in [0.1, 0.15) is 0 Å². The van der Waals surface area contributed by atoms with Gasteiger partial charge in [-0.05, 0) is 36.2 Å². The molecule has 5 nitrogen and oxygen atoms in total. The van der Waals surface area contributed by atoms with Gasteiger partial charge in [0.2, 0.25) is 0 Å². The van der Waals surface area contributed by atoms with Gasteiger partial charge in [-0.3, -0.25) is 4.79 Å². The van der Waals surface area contributed by atoms with Crippen LogP contribution in [0.1, 0.15) is 18.9 Å². The van der Waals surface area contributed by atoms with Gasteiger partial charge in [0, 0.05) is 12.8 Å². The quantitative estimate of drug-likeness (QED) is 0.803. The molecule has 1 atom stereocenters. The van der Waals surface area contributed by atoms with Crippen molar-refractivity contribution >= 4 is 11.6 Å². The SMILES string of the molecule is CC[C@H](Oc1ccccc1OC)C(=O)Nc1cccc(COC)c1. The molecule has 1 amide bonds. The van der Waals surface area contributed by atoms with Crippen LogP contribution in [0.15, 0.2) is 48.5 Å². The average molecular weight is 329 g/mol. The van der Waals surface area contributed by atoms with Gasteiger partial charge in [-0.1, -0.05) is 31.2 Å². The van der Waals surface area contributed by atoms with Crippen molar-refractivity contribution in [3.63, 3.8) is 0 Å². The number of para-hydroxylation sites is 2. The summed E-state index contributed by atoms with van der Waals surface area (Å²) in [6.45, 7) is 2.40. The first-order valence-electron chi connectivity index (χ1n) is 7.86. The molecule has 2 aromatic rings. The van der Waals surface area contributed by atoms with Crippen molar-refractivity contribution in [1.29, 1.82) is 0 Å². The van der Waals surface area contributed by atoms with Crippen LogP contribution in [0.4, 0.5) is 5.69 Å². The third-order valence-electron chi connectivity index (χ3n) is 3.51. The Morgan fingerprint density at radius 3 is 2.50 bits per heavy atom. The maximum Gasteiger partial charge on any atom is 0.265 e. The fraction of sp³-hybridized carbons (Fsp3) is 0.316. The molecular weight excluding hydrogens is 306 g/mol. The van der Waals surface area contributed by atoms with Gasteiger partial charge in [0.15, 0.2) is 17.6 Å². The molecule has 0 radical (unpaired) electrons. The number of hydrogen-bond acceptors (Lipinski definition) is 4. The topological polar surface area (TPSA) is 56.8 Å². The molecule has 0 fully saturated rings. The Morgan fingerprint density at radius 2 is 1.83 bits per heavy atom. The molecule has 128 valence electrons. The zero-order chi connectivity index (χ0) is 17.4. The number of rotatable bonds is 8. The second kappa shape index (κ2) is 8.93. The molecule has 0 saturated carbocycles. The van der Waals surface area contributed by atoms with E-state index in [4.69, 9.17) is 14.2 Å². The van der Waals surface area contributed by atoms with Crippen molar-refractivity contribution in [2.75, 3.05) is 19.5 Å². The van der Waals surface area contributed by atoms with E-state index in [9.17, 15) is 4.79 Å². The predicted octanol–water partition coefficient (Wildman–Crippen LogP) is 3.64.